The summed E-state index contributed by atoms with van der Waals surface area (Å²) in [6.07, 6.45) is 3.25. The zero-order valence-electron chi connectivity index (χ0n) is 12.7. The Hall–Kier alpha value is -2.69. The molecule has 0 aromatic heterocycles. The van der Waals surface area contributed by atoms with E-state index in [0.29, 0.717) is 12.1 Å². The molecule has 2 aromatic carbocycles. The van der Waals surface area contributed by atoms with Crippen molar-refractivity contribution in [2.45, 2.75) is 24.7 Å². The van der Waals surface area contributed by atoms with Gasteiger partial charge in [-0.05, 0) is 24.5 Å². The van der Waals surface area contributed by atoms with Crippen molar-refractivity contribution in [3.8, 4) is 0 Å². The maximum absolute atomic E-state index is 12.3. The minimum absolute atomic E-state index is 0.00235. The van der Waals surface area contributed by atoms with E-state index in [1.165, 1.54) is 23.8 Å². The molecule has 0 bridgehead atoms. The fraction of sp³-hybridized carbons (Fsp3) is 0.278. The molecule has 5 heteroatoms. The van der Waals surface area contributed by atoms with E-state index < -0.39 is 4.92 Å². The highest BCUT2D eigenvalue weighted by atomic mass is 16.6. The molecule has 0 heterocycles. The van der Waals surface area contributed by atoms with Crippen LogP contribution in [0.3, 0.4) is 0 Å². The van der Waals surface area contributed by atoms with Crippen LogP contribution in [0.2, 0.25) is 0 Å². The lowest BCUT2D eigenvalue weighted by Gasteiger charge is -2.42. The lowest BCUT2D eigenvalue weighted by atomic mass is 9.64. The highest BCUT2D eigenvalue weighted by Gasteiger charge is 2.38. The van der Waals surface area contributed by atoms with Crippen LogP contribution in [-0.2, 0) is 5.41 Å². The van der Waals surface area contributed by atoms with Crippen LogP contribution in [-0.4, -0.2) is 17.4 Å². The van der Waals surface area contributed by atoms with Crippen molar-refractivity contribution < 1.29 is 9.72 Å². The van der Waals surface area contributed by atoms with Crippen LogP contribution < -0.4 is 5.32 Å². The number of hydrogen-bond acceptors (Lipinski definition) is 3. The van der Waals surface area contributed by atoms with Crippen molar-refractivity contribution in [3.63, 3.8) is 0 Å². The monoisotopic (exact) mass is 310 g/mol. The Kier molecular flexibility index (Phi) is 4.10. The number of nitrogens with zero attached hydrogens (tertiary/aromatic N) is 1. The molecule has 0 unspecified atom stereocenters. The van der Waals surface area contributed by atoms with Gasteiger partial charge in [-0.2, -0.15) is 0 Å². The first-order valence-corrected chi connectivity index (χ1v) is 7.69. The van der Waals surface area contributed by atoms with Gasteiger partial charge in [-0.1, -0.05) is 42.8 Å². The van der Waals surface area contributed by atoms with Gasteiger partial charge in [0.15, 0.2) is 0 Å². The third-order valence-electron chi connectivity index (χ3n) is 4.60. The Morgan fingerprint density at radius 3 is 2.48 bits per heavy atom. The number of carbonyl (C=O) groups excluding carboxylic acids is 1. The largest absolute Gasteiger partial charge is 0.351 e. The third kappa shape index (κ3) is 3.08. The van der Waals surface area contributed by atoms with Crippen LogP contribution >= 0.6 is 0 Å². The summed E-state index contributed by atoms with van der Waals surface area (Å²) in [5.41, 5.74) is 1.49. The molecule has 2 aromatic rings. The average molecular weight is 310 g/mol. The number of hydrogen-bond donors (Lipinski definition) is 1. The van der Waals surface area contributed by atoms with E-state index in [0.717, 1.165) is 19.3 Å². The molecule has 118 valence electrons. The van der Waals surface area contributed by atoms with Crippen molar-refractivity contribution in [1.29, 1.82) is 0 Å². The van der Waals surface area contributed by atoms with E-state index >= 15 is 0 Å². The molecule has 1 aliphatic carbocycles. The summed E-state index contributed by atoms with van der Waals surface area (Å²) in [5, 5.41) is 13.8. The molecule has 1 aliphatic rings. The maximum Gasteiger partial charge on any atom is 0.270 e. The Morgan fingerprint density at radius 1 is 1.13 bits per heavy atom. The molecule has 5 nitrogen and oxygen atoms in total. The fourth-order valence-electron chi connectivity index (χ4n) is 3.08. The first kappa shape index (κ1) is 15.2. The molecule has 1 amide bonds. The summed E-state index contributed by atoms with van der Waals surface area (Å²) < 4.78 is 0. The Balaban J connectivity index is 1.71. The van der Waals surface area contributed by atoms with E-state index in [-0.39, 0.29) is 17.0 Å². The van der Waals surface area contributed by atoms with Gasteiger partial charge < -0.3 is 5.32 Å². The normalized spacial score (nSPS) is 15.5. The summed E-state index contributed by atoms with van der Waals surface area (Å²) in [7, 11) is 0. The van der Waals surface area contributed by atoms with Crippen LogP contribution in [0, 0.1) is 10.1 Å². The predicted octanol–water partition coefficient (Wildman–Crippen LogP) is 3.45. The molecular formula is C18H18N2O3. The molecular weight excluding hydrogens is 292 g/mol. The van der Waals surface area contributed by atoms with E-state index in [1.54, 1.807) is 6.07 Å². The van der Waals surface area contributed by atoms with Gasteiger partial charge in [-0.25, -0.2) is 0 Å². The summed E-state index contributed by atoms with van der Waals surface area (Å²) in [5.74, 6) is -0.268. The zero-order valence-corrected chi connectivity index (χ0v) is 12.7. The maximum atomic E-state index is 12.3. The van der Waals surface area contributed by atoms with Gasteiger partial charge in [0.1, 0.15) is 0 Å². The molecule has 1 saturated carbocycles. The number of non-ortho nitro benzene ring substituents is 1. The Labute approximate surface area is 134 Å². The molecule has 0 spiro atoms. The molecule has 1 fully saturated rings. The smallest absolute Gasteiger partial charge is 0.270 e. The summed E-state index contributed by atoms with van der Waals surface area (Å²) in [6, 6.07) is 16.0. The first-order valence-electron chi connectivity index (χ1n) is 7.69. The minimum atomic E-state index is -0.492. The van der Waals surface area contributed by atoms with Crippen LogP contribution in [0.5, 0.6) is 0 Å². The summed E-state index contributed by atoms with van der Waals surface area (Å²) in [4.78, 5) is 22.6. The van der Waals surface area contributed by atoms with E-state index in [2.05, 4.69) is 17.4 Å². The average Bonchev–Trinajstić information content (AvgIpc) is 2.55. The van der Waals surface area contributed by atoms with Crippen molar-refractivity contribution in [1.82, 2.24) is 5.32 Å². The summed E-state index contributed by atoms with van der Waals surface area (Å²) >= 11 is 0. The minimum Gasteiger partial charge on any atom is -0.351 e. The van der Waals surface area contributed by atoms with E-state index in [9.17, 15) is 14.9 Å². The molecule has 0 atom stereocenters. The van der Waals surface area contributed by atoms with E-state index in [4.69, 9.17) is 0 Å². The van der Waals surface area contributed by atoms with E-state index in [1.807, 2.05) is 18.2 Å². The second-order valence-corrected chi connectivity index (χ2v) is 5.99. The van der Waals surface area contributed by atoms with Crippen LogP contribution in [0.4, 0.5) is 5.69 Å². The number of nitro groups is 1. The number of nitro benzene ring substituents is 1. The zero-order chi connectivity index (χ0) is 16.3. The van der Waals surface area contributed by atoms with Crippen LogP contribution in [0.25, 0.3) is 0 Å². The molecule has 3 rings (SSSR count). The highest BCUT2D eigenvalue weighted by molar-refractivity contribution is 5.94. The molecule has 23 heavy (non-hydrogen) atoms. The third-order valence-corrected chi connectivity index (χ3v) is 4.60. The number of amides is 1. The topological polar surface area (TPSA) is 72.2 Å². The molecule has 0 radical (unpaired) electrons. The molecule has 0 saturated heterocycles. The van der Waals surface area contributed by atoms with Crippen molar-refractivity contribution >= 4 is 11.6 Å². The molecule has 1 N–H and O–H groups in total. The number of rotatable bonds is 5. The summed E-state index contributed by atoms with van der Waals surface area (Å²) in [6.45, 7) is 0.554. The second-order valence-electron chi connectivity index (χ2n) is 5.99. The van der Waals surface area contributed by atoms with Crippen LogP contribution in [0.1, 0.15) is 35.2 Å². The van der Waals surface area contributed by atoms with Crippen LogP contribution in [0.15, 0.2) is 54.6 Å². The van der Waals surface area contributed by atoms with Crippen molar-refractivity contribution in [2.75, 3.05) is 6.54 Å². The molecule has 0 aliphatic heterocycles. The lowest BCUT2D eigenvalue weighted by molar-refractivity contribution is -0.384. The fourth-order valence-corrected chi connectivity index (χ4v) is 3.08. The van der Waals surface area contributed by atoms with Gasteiger partial charge in [0.05, 0.1) is 4.92 Å². The lowest BCUT2D eigenvalue weighted by Crippen LogP contribution is -2.45. The van der Waals surface area contributed by atoms with Gasteiger partial charge in [0.25, 0.3) is 11.6 Å². The van der Waals surface area contributed by atoms with Crippen molar-refractivity contribution in [2.24, 2.45) is 0 Å². The Bertz CT molecular complexity index is 724. The number of carbonyl (C=O) groups is 1. The highest BCUT2D eigenvalue weighted by Crippen LogP contribution is 2.43. The van der Waals surface area contributed by atoms with Gasteiger partial charge in [-0.15, -0.1) is 0 Å². The first-order chi connectivity index (χ1) is 11.1. The van der Waals surface area contributed by atoms with Crippen molar-refractivity contribution in [3.05, 3.63) is 75.8 Å². The number of benzene rings is 2. The Morgan fingerprint density at radius 2 is 1.87 bits per heavy atom. The standard InChI is InChI=1S/C18H18N2O3/c21-17(14-6-4-9-16(12-14)20(22)23)19-13-18(10-5-11-18)15-7-2-1-3-8-15/h1-4,6-9,12H,5,10-11,13H2,(H,19,21). The predicted molar refractivity (Wildman–Crippen MR) is 87.4 cm³/mol. The SMILES string of the molecule is O=C(NCC1(c2ccccc2)CCC1)c1cccc([N+](=O)[O-])c1. The van der Waals surface area contributed by atoms with Gasteiger partial charge in [0.2, 0.25) is 0 Å². The number of nitrogens with one attached hydrogen (secondary N) is 1. The quantitative estimate of drug-likeness (QED) is 0.679. The van der Waals surface area contributed by atoms with Gasteiger partial charge >= 0.3 is 0 Å². The van der Waals surface area contributed by atoms with Gasteiger partial charge in [-0.3, -0.25) is 14.9 Å². The van der Waals surface area contributed by atoms with Gasteiger partial charge in [0, 0.05) is 29.7 Å². The second kappa shape index (κ2) is 6.20.